The molecule has 2 atom stereocenters. The van der Waals surface area contributed by atoms with Crippen LogP contribution in [0.4, 0.5) is 0 Å². The molecule has 0 N–H and O–H groups in total. The van der Waals surface area contributed by atoms with Crippen molar-refractivity contribution in [2.45, 2.75) is 52.2 Å². The molecular formula is C16H26N4O. The highest BCUT2D eigenvalue weighted by molar-refractivity contribution is 5.81. The van der Waals surface area contributed by atoms with Gasteiger partial charge in [0.2, 0.25) is 5.91 Å². The van der Waals surface area contributed by atoms with Gasteiger partial charge in [0.25, 0.3) is 0 Å². The van der Waals surface area contributed by atoms with Crippen LogP contribution in [0.2, 0.25) is 0 Å². The van der Waals surface area contributed by atoms with Crippen LogP contribution in [0, 0.1) is 5.92 Å². The molecule has 116 valence electrons. The minimum absolute atomic E-state index is 0.00206. The molecule has 2 aliphatic heterocycles. The summed E-state index contributed by atoms with van der Waals surface area (Å²) in [6.07, 6.45) is 7.28. The molecule has 1 aromatic heterocycles. The predicted molar refractivity (Wildman–Crippen MR) is 81.7 cm³/mol. The first kappa shape index (κ1) is 14.6. The summed E-state index contributed by atoms with van der Waals surface area (Å²) >= 11 is 0. The van der Waals surface area contributed by atoms with Crippen LogP contribution in [-0.4, -0.2) is 50.9 Å². The van der Waals surface area contributed by atoms with Crippen LogP contribution in [0.1, 0.15) is 38.8 Å². The van der Waals surface area contributed by atoms with Crippen molar-refractivity contribution in [2.24, 2.45) is 5.92 Å². The Morgan fingerprint density at radius 2 is 2.19 bits per heavy atom. The van der Waals surface area contributed by atoms with Gasteiger partial charge in [0.15, 0.2) is 0 Å². The summed E-state index contributed by atoms with van der Waals surface area (Å²) in [7, 11) is 0. The molecule has 5 nitrogen and oxygen atoms in total. The van der Waals surface area contributed by atoms with E-state index in [2.05, 4.69) is 28.3 Å². The van der Waals surface area contributed by atoms with E-state index in [1.54, 1.807) is 0 Å². The zero-order valence-electron chi connectivity index (χ0n) is 13.2. The summed E-state index contributed by atoms with van der Waals surface area (Å²) in [4.78, 5) is 21.4. The summed E-state index contributed by atoms with van der Waals surface area (Å²) in [5.74, 6) is 0.985. The van der Waals surface area contributed by atoms with E-state index in [1.807, 2.05) is 17.4 Å². The average molecular weight is 290 g/mol. The largest absolute Gasteiger partial charge is 0.335 e. The Balaban J connectivity index is 1.67. The molecule has 0 radical (unpaired) electrons. The van der Waals surface area contributed by atoms with Gasteiger partial charge in [-0.25, -0.2) is 4.98 Å². The molecule has 0 aliphatic carbocycles. The van der Waals surface area contributed by atoms with Crippen LogP contribution >= 0.6 is 0 Å². The van der Waals surface area contributed by atoms with Gasteiger partial charge in [0.1, 0.15) is 0 Å². The van der Waals surface area contributed by atoms with Crippen molar-refractivity contribution in [3.05, 3.63) is 18.2 Å². The number of piperidine rings is 1. The highest BCUT2D eigenvalue weighted by atomic mass is 16.2. The molecule has 3 rings (SSSR count). The van der Waals surface area contributed by atoms with Crippen molar-refractivity contribution in [3.63, 3.8) is 0 Å². The minimum Gasteiger partial charge on any atom is -0.335 e. The number of fused-ring (bicyclic) bond motifs is 1. The van der Waals surface area contributed by atoms with Crippen molar-refractivity contribution < 1.29 is 4.79 Å². The molecular weight excluding hydrogens is 264 g/mol. The van der Waals surface area contributed by atoms with E-state index in [-0.39, 0.29) is 11.9 Å². The number of likely N-dealkylation sites (tertiary alicyclic amines) is 1. The van der Waals surface area contributed by atoms with Gasteiger partial charge >= 0.3 is 0 Å². The molecule has 0 spiro atoms. The van der Waals surface area contributed by atoms with Gasteiger partial charge in [-0.15, -0.1) is 0 Å². The number of aromatic nitrogens is 2. The van der Waals surface area contributed by atoms with Gasteiger partial charge in [-0.2, -0.15) is 0 Å². The van der Waals surface area contributed by atoms with E-state index in [1.165, 1.54) is 12.8 Å². The molecule has 2 aliphatic rings. The van der Waals surface area contributed by atoms with Gasteiger partial charge in [0.05, 0.1) is 24.6 Å². The van der Waals surface area contributed by atoms with E-state index < -0.39 is 0 Å². The fraction of sp³-hybridized carbons (Fsp3) is 0.750. The van der Waals surface area contributed by atoms with Crippen molar-refractivity contribution in [1.82, 2.24) is 19.4 Å². The maximum atomic E-state index is 12.8. The summed E-state index contributed by atoms with van der Waals surface area (Å²) in [6, 6.07) is 0.00206. The minimum atomic E-state index is 0.00206. The van der Waals surface area contributed by atoms with Gasteiger partial charge in [-0.3, -0.25) is 9.69 Å². The van der Waals surface area contributed by atoms with E-state index in [0.29, 0.717) is 12.5 Å². The Hall–Kier alpha value is -1.36. The SMILES string of the molecule is C[C@H]1CCCN([C@@H](C)C(=O)N2CCCn3cncc3C2)C1. The highest BCUT2D eigenvalue weighted by Crippen LogP contribution is 2.20. The number of carbonyl (C=O) groups is 1. The molecule has 0 bridgehead atoms. The van der Waals surface area contributed by atoms with Gasteiger partial charge in [0, 0.05) is 25.8 Å². The Kier molecular flexibility index (Phi) is 4.29. The van der Waals surface area contributed by atoms with E-state index in [9.17, 15) is 4.79 Å². The fourth-order valence-electron chi connectivity index (χ4n) is 3.57. The van der Waals surface area contributed by atoms with Gasteiger partial charge in [-0.05, 0) is 38.6 Å². The quantitative estimate of drug-likeness (QED) is 0.833. The third-order valence-electron chi connectivity index (χ3n) is 4.88. The van der Waals surface area contributed by atoms with Crippen molar-refractivity contribution in [1.29, 1.82) is 0 Å². The second-order valence-electron chi connectivity index (χ2n) is 6.61. The first-order valence-electron chi connectivity index (χ1n) is 8.17. The number of imidazole rings is 1. The normalized spacial score (nSPS) is 25.2. The number of nitrogens with zero attached hydrogens (tertiary/aromatic N) is 4. The van der Waals surface area contributed by atoms with Crippen molar-refractivity contribution in [3.8, 4) is 0 Å². The maximum absolute atomic E-state index is 12.8. The number of aryl methyl sites for hydroxylation is 1. The molecule has 1 amide bonds. The number of amides is 1. The smallest absolute Gasteiger partial charge is 0.239 e. The third-order valence-corrected chi connectivity index (χ3v) is 4.88. The summed E-state index contributed by atoms with van der Waals surface area (Å²) in [5, 5.41) is 0. The summed E-state index contributed by atoms with van der Waals surface area (Å²) < 4.78 is 2.17. The van der Waals surface area contributed by atoms with Crippen molar-refractivity contribution in [2.75, 3.05) is 19.6 Å². The Bertz CT molecular complexity index is 498. The number of rotatable bonds is 2. The van der Waals surface area contributed by atoms with Crippen LogP contribution in [0.5, 0.6) is 0 Å². The molecule has 1 aromatic rings. The van der Waals surface area contributed by atoms with E-state index >= 15 is 0 Å². The second kappa shape index (κ2) is 6.18. The zero-order chi connectivity index (χ0) is 14.8. The lowest BCUT2D eigenvalue weighted by atomic mass is 9.98. The van der Waals surface area contributed by atoms with Gasteiger partial charge < -0.3 is 9.47 Å². The van der Waals surface area contributed by atoms with Crippen LogP contribution in [0.3, 0.4) is 0 Å². The maximum Gasteiger partial charge on any atom is 0.239 e. The first-order valence-corrected chi connectivity index (χ1v) is 8.17. The molecule has 0 saturated carbocycles. The van der Waals surface area contributed by atoms with Crippen LogP contribution in [0.15, 0.2) is 12.5 Å². The lowest BCUT2D eigenvalue weighted by molar-refractivity contribution is -0.137. The molecule has 3 heterocycles. The van der Waals surface area contributed by atoms with Crippen LogP contribution in [0.25, 0.3) is 0 Å². The summed E-state index contributed by atoms with van der Waals surface area (Å²) in [5.41, 5.74) is 1.15. The molecule has 1 fully saturated rings. The van der Waals surface area contributed by atoms with Crippen LogP contribution < -0.4 is 0 Å². The zero-order valence-corrected chi connectivity index (χ0v) is 13.2. The first-order chi connectivity index (χ1) is 10.1. The molecule has 1 saturated heterocycles. The Morgan fingerprint density at radius 3 is 3.00 bits per heavy atom. The Labute approximate surface area is 126 Å². The Morgan fingerprint density at radius 1 is 1.33 bits per heavy atom. The lowest BCUT2D eigenvalue weighted by Crippen LogP contribution is -2.50. The van der Waals surface area contributed by atoms with E-state index in [4.69, 9.17) is 0 Å². The second-order valence-corrected chi connectivity index (χ2v) is 6.61. The molecule has 0 aromatic carbocycles. The third kappa shape index (κ3) is 3.12. The topological polar surface area (TPSA) is 41.4 Å². The molecule has 21 heavy (non-hydrogen) atoms. The monoisotopic (exact) mass is 290 g/mol. The van der Waals surface area contributed by atoms with Gasteiger partial charge in [-0.1, -0.05) is 6.92 Å². The highest BCUT2D eigenvalue weighted by Gasteiger charge is 2.29. The van der Waals surface area contributed by atoms with Crippen LogP contribution in [-0.2, 0) is 17.9 Å². The number of hydrogen-bond donors (Lipinski definition) is 0. The standard InChI is InChI=1S/C16H26N4O/c1-13-5-3-6-18(10-13)14(2)16(21)19-7-4-8-20-12-17-9-15(20)11-19/h9,12-14H,3-8,10-11H2,1-2H3/t13-,14-/m0/s1. The number of hydrogen-bond acceptors (Lipinski definition) is 3. The average Bonchev–Trinajstić information content (AvgIpc) is 2.83. The summed E-state index contributed by atoms with van der Waals surface area (Å²) in [6.45, 7) is 8.99. The lowest BCUT2D eigenvalue weighted by Gasteiger charge is -2.36. The molecule has 5 heteroatoms. The fourth-order valence-corrected chi connectivity index (χ4v) is 3.57. The predicted octanol–water partition coefficient (Wildman–Crippen LogP) is 1.74. The number of carbonyl (C=O) groups excluding carboxylic acids is 1. The van der Waals surface area contributed by atoms with Crippen molar-refractivity contribution >= 4 is 5.91 Å². The van der Waals surface area contributed by atoms with E-state index in [0.717, 1.165) is 38.3 Å². The molecule has 0 unspecified atom stereocenters.